The highest BCUT2D eigenvalue weighted by Gasteiger charge is 2.35. The van der Waals surface area contributed by atoms with Crippen LogP contribution in [0.15, 0.2) is 36.7 Å². The van der Waals surface area contributed by atoms with E-state index in [4.69, 9.17) is 4.74 Å². The Bertz CT molecular complexity index is 764. The standard InChI is InChI=1S/C19H23N3O3/c1-12(2)17-15(8-11-25-17)19(24)21-14-6-4-13(5-7-14)16(23)18-20-9-10-22(18)3/h4-7,9-10,12,15,17H,8,11H2,1-3H3,(H,21,24)/t15-,17+/m1/s1. The molecular weight excluding hydrogens is 318 g/mol. The fraction of sp³-hybridized carbons (Fsp3) is 0.421. The van der Waals surface area contributed by atoms with Gasteiger partial charge in [-0.2, -0.15) is 0 Å². The predicted octanol–water partition coefficient (Wildman–Crippen LogP) is 2.65. The van der Waals surface area contributed by atoms with Crippen molar-refractivity contribution < 1.29 is 14.3 Å². The van der Waals surface area contributed by atoms with Crippen LogP contribution in [0.25, 0.3) is 0 Å². The van der Waals surface area contributed by atoms with Crippen LogP contribution in [0.3, 0.4) is 0 Å². The molecular formula is C19H23N3O3. The van der Waals surface area contributed by atoms with Gasteiger partial charge in [0.15, 0.2) is 5.82 Å². The maximum atomic E-state index is 12.5. The van der Waals surface area contributed by atoms with Crippen LogP contribution in [0.5, 0.6) is 0 Å². The summed E-state index contributed by atoms with van der Waals surface area (Å²) >= 11 is 0. The number of aryl methyl sites for hydroxylation is 1. The van der Waals surface area contributed by atoms with Gasteiger partial charge in [0.2, 0.25) is 11.7 Å². The molecule has 2 heterocycles. The summed E-state index contributed by atoms with van der Waals surface area (Å²) in [7, 11) is 1.78. The van der Waals surface area contributed by atoms with E-state index in [1.165, 1.54) is 0 Å². The quantitative estimate of drug-likeness (QED) is 0.849. The van der Waals surface area contributed by atoms with Crippen molar-refractivity contribution in [3.05, 3.63) is 48.0 Å². The molecule has 0 aliphatic carbocycles. The molecule has 0 saturated carbocycles. The van der Waals surface area contributed by atoms with Gasteiger partial charge in [0.25, 0.3) is 0 Å². The Morgan fingerprint density at radius 3 is 2.60 bits per heavy atom. The fourth-order valence-corrected chi connectivity index (χ4v) is 3.20. The van der Waals surface area contributed by atoms with Crippen molar-refractivity contribution in [2.75, 3.05) is 11.9 Å². The van der Waals surface area contributed by atoms with Crippen molar-refractivity contribution in [1.29, 1.82) is 0 Å². The number of rotatable bonds is 5. The van der Waals surface area contributed by atoms with Crippen LogP contribution in [0.4, 0.5) is 5.69 Å². The molecule has 1 aromatic carbocycles. The number of imidazole rings is 1. The van der Waals surface area contributed by atoms with Crippen LogP contribution in [0.2, 0.25) is 0 Å². The molecule has 2 atom stereocenters. The summed E-state index contributed by atoms with van der Waals surface area (Å²) in [6.45, 7) is 4.75. The molecule has 1 N–H and O–H groups in total. The SMILES string of the molecule is CC(C)[C@@H]1OCC[C@H]1C(=O)Nc1ccc(C(=O)c2nccn2C)cc1. The molecule has 0 spiro atoms. The molecule has 1 aliphatic rings. The average molecular weight is 341 g/mol. The largest absolute Gasteiger partial charge is 0.377 e. The van der Waals surface area contributed by atoms with Gasteiger partial charge in [0, 0.05) is 37.3 Å². The number of carbonyl (C=O) groups excluding carboxylic acids is 2. The second-order valence-electron chi connectivity index (χ2n) is 6.73. The van der Waals surface area contributed by atoms with E-state index in [2.05, 4.69) is 24.1 Å². The zero-order valence-corrected chi connectivity index (χ0v) is 14.7. The number of hydrogen-bond acceptors (Lipinski definition) is 4. The van der Waals surface area contributed by atoms with Gasteiger partial charge in [0.1, 0.15) is 0 Å². The first-order valence-electron chi connectivity index (χ1n) is 8.52. The number of aromatic nitrogens is 2. The van der Waals surface area contributed by atoms with E-state index in [0.29, 0.717) is 29.6 Å². The third kappa shape index (κ3) is 3.64. The van der Waals surface area contributed by atoms with Gasteiger partial charge < -0.3 is 14.6 Å². The minimum absolute atomic E-state index is 0.0284. The molecule has 6 nitrogen and oxygen atoms in total. The van der Waals surface area contributed by atoms with Crippen LogP contribution in [-0.2, 0) is 16.6 Å². The van der Waals surface area contributed by atoms with Crippen molar-refractivity contribution in [1.82, 2.24) is 9.55 Å². The number of carbonyl (C=O) groups is 2. The summed E-state index contributed by atoms with van der Waals surface area (Å²) < 4.78 is 7.36. The summed E-state index contributed by atoms with van der Waals surface area (Å²) in [5.41, 5.74) is 1.22. The number of benzene rings is 1. The Balaban J connectivity index is 1.68. The molecule has 1 saturated heterocycles. The number of ketones is 1. The first-order chi connectivity index (χ1) is 12.0. The second-order valence-corrected chi connectivity index (χ2v) is 6.73. The number of ether oxygens (including phenoxy) is 1. The Morgan fingerprint density at radius 2 is 2.00 bits per heavy atom. The van der Waals surface area contributed by atoms with E-state index in [0.717, 1.165) is 6.42 Å². The lowest BCUT2D eigenvalue weighted by atomic mass is 9.92. The summed E-state index contributed by atoms with van der Waals surface area (Å²) in [5, 5.41) is 2.93. The van der Waals surface area contributed by atoms with E-state index in [1.807, 2.05) is 0 Å². The predicted molar refractivity (Wildman–Crippen MR) is 94.4 cm³/mol. The van der Waals surface area contributed by atoms with Crippen molar-refractivity contribution in [3.63, 3.8) is 0 Å². The molecule has 0 radical (unpaired) electrons. The molecule has 1 aliphatic heterocycles. The summed E-state index contributed by atoms with van der Waals surface area (Å²) in [4.78, 5) is 29.0. The number of nitrogens with one attached hydrogen (secondary N) is 1. The van der Waals surface area contributed by atoms with E-state index >= 15 is 0 Å². The lowest BCUT2D eigenvalue weighted by molar-refractivity contribution is -0.122. The second kappa shape index (κ2) is 7.19. The van der Waals surface area contributed by atoms with E-state index in [-0.39, 0.29) is 23.7 Å². The number of amides is 1. The highest BCUT2D eigenvalue weighted by Crippen LogP contribution is 2.28. The lowest BCUT2D eigenvalue weighted by Gasteiger charge is -2.21. The van der Waals surface area contributed by atoms with Crippen LogP contribution in [0.1, 0.15) is 36.5 Å². The topological polar surface area (TPSA) is 73.2 Å². The van der Waals surface area contributed by atoms with Crippen LogP contribution < -0.4 is 5.32 Å². The van der Waals surface area contributed by atoms with Gasteiger partial charge in [-0.05, 0) is 36.6 Å². The highest BCUT2D eigenvalue weighted by molar-refractivity contribution is 6.07. The fourth-order valence-electron chi connectivity index (χ4n) is 3.20. The Labute approximate surface area is 147 Å². The number of nitrogens with zero attached hydrogens (tertiary/aromatic N) is 2. The van der Waals surface area contributed by atoms with Gasteiger partial charge in [-0.25, -0.2) is 4.98 Å². The Hall–Kier alpha value is -2.47. The van der Waals surface area contributed by atoms with Gasteiger partial charge in [-0.1, -0.05) is 13.8 Å². The first-order valence-corrected chi connectivity index (χ1v) is 8.52. The van der Waals surface area contributed by atoms with Crippen molar-refractivity contribution in [2.24, 2.45) is 18.9 Å². The van der Waals surface area contributed by atoms with Crippen molar-refractivity contribution >= 4 is 17.4 Å². The molecule has 1 aromatic heterocycles. The molecule has 6 heteroatoms. The van der Waals surface area contributed by atoms with Crippen molar-refractivity contribution in [2.45, 2.75) is 26.4 Å². The van der Waals surface area contributed by atoms with E-state index in [1.54, 1.807) is 48.3 Å². The minimum Gasteiger partial charge on any atom is -0.377 e. The Kier molecular flexibility index (Phi) is 4.99. The van der Waals surface area contributed by atoms with Crippen LogP contribution in [-0.4, -0.2) is 34.0 Å². The first kappa shape index (κ1) is 17.4. The molecule has 132 valence electrons. The zero-order valence-electron chi connectivity index (χ0n) is 14.7. The van der Waals surface area contributed by atoms with Gasteiger partial charge in [-0.3, -0.25) is 9.59 Å². The number of anilines is 1. The normalized spacial score (nSPS) is 20.0. The van der Waals surface area contributed by atoms with Crippen LogP contribution >= 0.6 is 0 Å². The third-order valence-corrected chi connectivity index (χ3v) is 4.57. The van der Waals surface area contributed by atoms with Gasteiger partial charge in [-0.15, -0.1) is 0 Å². The molecule has 2 aromatic rings. The summed E-state index contributed by atoms with van der Waals surface area (Å²) in [6.07, 6.45) is 4.03. The summed E-state index contributed by atoms with van der Waals surface area (Å²) in [5.74, 6) is 0.387. The molecule has 1 fully saturated rings. The maximum absolute atomic E-state index is 12.5. The molecule has 25 heavy (non-hydrogen) atoms. The van der Waals surface area contributed by atoms with E-state index < -0.39 is 0 Å². The van der Waals surface area contributed by atoms with Gasteiger partial charge >= 0.3 is 0 Å². The van der Waals surface area contributed by atoms with Crippen LogP contribution in [0, 0.1) is 11.8 Å². The highest BCUT2D eigenvalue weighted by atomic mass is 16.5. The maximum Gasteiger partial charge on any atom is 0.230 e. The minimum atomic E-state index is -0.144. The Morgan fingerprint density at radius 1 is 1.28 bits per heavy atom. The third-order valence-electron chi connectivity index (χ3n) is 4.57. The number of hydrogen-bond donors (Lipinski definition) is 1. The molecule has 3 rings (SSSR count). The molecule has 0 bridgehead atoms. The molecule has 0 unspecified atom stereocenters. The van der Waals surface area contributed by atoms with Gasteiger partial charge in [0.05, 0.1) is 12.0 Å². The van der Waals surface area contributed by atoms with Crippen molar-refractivity contribution in [3.8, 4) is 0 Å². The summed E-state index contributed by atoms with van der Waals surface area (Å²) in [6, 6.07) is 6.90. The molecule has 1 amide bonds. The monoisotopic (exact) mass is 341 g/mol. The zero-order chi connectivity index (χ0) is 18.0. The lowest BCUT2D eigenvalue weighted by Crippen LogP contribution is -2.32. The smallest absolute Gasteiger partial charge is 0.230 e. The van der Waals surface area contributed by atoms with E-state index in [9.17, 15) is 9.59 Å². The average Bonchev–Trinajstić information content (AvgIpc) is 3.23.